The summed E-state index contributed by atoms with van der Waals surface area (Å²) >= 11 is 0. The molecule has 2 aliphatic rings. The highest BCUT2D eigenvalue weighted by Crippen LogP contribution is 2.43. The highest BCUT2D eigenvalue weighted by atomic mass is 19.2. The zero-order valence-electron chi connectivity index (χ0n) is 19.7. The molecule has 174 valence electrons. The van der Waals surface area contributed by atoms with Crippen LogP contribution >= 0.6 is 0 Å². The van der Waals surface area contributed by atoms with Crippen molar-refractivity contribution < 1.29 is 13.5 Å². The average molecular weight is 433 g/mol. The van der Waals surface area contributed by atoms with Crippen molar-refractivity contribution in [1.82, 2.24) is 0 Å². The molecule has 2 aliphatic carbocycles. The van der Waals surface area contributed by atoms with Crippen LogP contribution in [0.4, 0.5) is 8.78 Å². The van der Waals surface area contributed by atoms with E-state index < -0.39 is 11.6 Å². The third-order valence-corrected chi connectivity index (χ3v) is 7.95. The van der Waals surface area contributed by atoms with Crippen LogP contribution in [0.2, 0.25) is 0 Å². The minimum Gasteiger partial charge on any atom is -0.462 e. The van der Waals surface area contributed by atoms with E-state index in [-0.39, 0.29) is 5.75 Å². The van der Waals surface area contributed by atoms with Gasteiger partial charge in [-0.1, -0.05) is 70.4 Å². The summed E-state index contributed by atoms with van der Waals surface area (Å²) in [6, 6.07) is 3.23. The van der Waals surface area contributed by atoms with Gasteiger partial charge in [0.1, 0.15) is 0 Å². The predicted octanol–water partition coefficient (Wildman–Crippen LogP) is 9.00. The van der Waals surface area contributed by atoms with E-state index in [0.29, 0.717) is 17.9 Å². The van der Waals surface area contributed by atoms with Gasteiger partial charge >= 0.3 is 0 Å². The topological polar surface area (TPSA) is 9.23 Å². The lowest BCUT2D eigenvalue weighted by molar-refractivity contribution is 0.140. The molecule has 2 fully saturated rings. The highest BCUT2D eigenvalue weighted by molar-refractivity contribution is 5.31. The van der Waals surface area contributed by atoms with E-state index in [2.05, 4.69) is 6.92 Å². The molecule has 0 atom stereocenters. The summed E-state index contributed by atoms with van der Waals surface area (Å²) in [6.07, 6.45) is 21.2. The van der Waals surface area contributed by atoms with Crippen LogP contribution in [0, 0.1) is 35.3 Å². The molecule has 0 aromatic heterocycles. The lowest BCUT2D eigenvalue weighted by Gasteiger charge is -2.38. The van der Waals surface area contributed by atoms with Crippen LogP contribution in [0.1, 0.15) is 103 Å². The maximum Gasteiger partial charge on any atom is 0.201 e. The lowest BCUT2D eigenvalue weighted by Crippen LogP contribution is -2.26. The van der Waals surface area contributed by atoms with Gasteiger partial charge in [-0.15, -0.1) is 0 Å². The first kappa shape index (κ1) is 24.3. The number of halogens is 2. The molecular weight excluding hydrogens is 390 g/mol. The van der Waals surface area contributed by atoms with E-state index in [1.165, 1.54) is 83.3 Å². The van der Waals surface area contributed by atoms with Crippen molar-refractivity contribution in [1.29, 1.82) is 0 Å². The van der Waals surface area contributed by atoms with Crippen LogP contribution in [-0.2, 0) is 6.42 Å². The Morgan fingerprint density at radius 3 is 2.03 bits per heavy atom. The smallest absolute Gasteiger partial charge is 0.201 e. The van der Waals surface area contributed by atoms with Crippen molar-refractivity contribution in [2.75, 3.05) is 0 Å². The summed E-state index contributed by atoms with van der Waals surface area (Å²) in [6.45, 7) is 4.07. The molecule has 0 unspecified atom stereocenters. The molecular formula is C28H42F2O. The van der Waals surface area contributed by atoms with E-state index >= 15 is 0 Å². The van der Waals surface area contributed by atoms with Gasteiger partial charge in [-0.25, -0.2) is 4.39 Å². The van der Waals surface area contributed by atoms with E-state index in [0.717, 1.165) is 24.2 Å². The zero-order chi connectivity index (χ0) is 22.1. The van der Waals surface area contributed by atoms with Crippen LogP contribution in [0.15, 0.2) is 24.5 Å². The number of hydrogen-bond acceptors (Lipinski definition) is 1. The first-order valence-corrected chi connectivity index (χ1v) is 12.9. The number of benzene rings is 1. The fourth-order valence-corrected chi connectivity index (χ4v) is 5.94. The molecule has 3 rings (SSSR count). The third kappa shape index (κ3) is 7.05. The van der Waals surface area contributed by atoms with E-state index in [1.54, 1.807) is 25.1 Å². The van der Waals surface area contributed by atoms with E-state index in [4.69, 9.17) is 4.74 Å². The quantitative estimate of drug-likeness (QED) is 0.265. The Morgan fingerprint density at radius 1 is 0.839 bits per heavy atom. The molecule has 1 nitrogen and oxygen atoms in total. The van der Waals surface area contributed by atoms with Crippen LogP contribution in [-0.4, -0.2) is 0 Å². The van der Waals surface area contributed by atoms with Gasteiger partial charge in [0.25, 0.3) is 0 Å². The molecule has 0 amide bonds. The van der Waals surface area contributed by atoms with Gasteiger partial charge < -0.3 is 4.74 Å². The number of aryl methyl sites for hydroxylation is 1. The summed E-state index contributed by atoms with van der Waals surface area (Å²) in [7, 11) is 0. The standard InChI is InChI=1S/C28H42F2O/c1-3-5-6-7-21-8-13-23(14-9-21)24-15-10-22(11-16-24)12-17-25-18-19-26(31-20-4-2)28(30)27(25)29/h4,18-24H,3,5-17H2,1-2H3. The lowest BCUT2D eigenvalue weighted by atomic mass is 9.68. The molecule has 31 heavy (non-hydrogen) atoms. The van der Waals surface area contributed by atoms with Gasteiger partial charge in [0.05, 0.1) is 6.26 Å². The fraction of sp³-hybridized carbons (Fsp3) is 0.714. The maximum absolute atomic E-state index is 14.4. The van der Waals surface area contributed by atoms with Crippen molar-refractivity contribution in [3.8, 4) is 5.75 Å². The van der Waals surface area contributed by atoms with E-state index in [1.807, 2.05) is 0 Å². The van der Waals surface area contributed by atoms with Gasteiger partial charge in [0.2, 0.25) is 5.82 Å². The van der Waals surface area contributed by atoms with Crippen molar-refractivity contribution in [2.45, 2.75) is 104 Å². The first-order chi connectivity index (χ1) is 15.1. The molecule has 0 saturated heterocycles. The molecule has 0 aliphatic heterocycles. The monoisotopic (exact) mass is 432 g/mol. The Labute approximate surface area is 188 Å². The van der Waals surface area contributed by atoms with Crippen LogP contribution in [0.25, 0.3) is 0 Å². The maximum atomic E-state index is 14.4. The van der Waals surface area contributed by atoms with Crippen molar-refractivity contribution >= 4 is 0 Å². The average Bonchev–Trinajstić information content (AvgIpc) is 2.80. The second kappa shape index (κ2) is 12.6. The minimum atomic E-state index is -0.871. The van der Waals surface area contributed by atoms with Crippen molar-refractivity contribution in [3.63, 3.8) is 0 Å². The normalized spacial score (nSPS) is 27.0. The van der Waals surface area contributed by atoms with Crippen LogP contribution in [0.3, 0.4) is 0 Å². The second-order valence-electron chi connectivity index (χ2n) is 10.0. The molecule has 0 spiro atoms. The molecule has 1 aromatic carbocycles. The van der Waals surface area contributed by atoms with Crippen molar-refractivity contribution in [2.24, 2.45) is 23.7 Å². The highest BCUT2D eigenvalue weighted by Gasteiger charge is 2.30. The summed E-state index contributed by atoms with van der Waals surface area (Å²) < 4.78 is 33.7. The molecule has 3 heteroatoms. The summed E-state index contributed by atoms with van der Waals surface area (Å²) in [5, 5.41) is 0. The number of rotatable bonds is 10. The molecule has 0 heterocycles. The Balaban J connectivity index is 1.39. The molecule has 2 saturated carbocycles. The SMILES string of the molecule is CC=COc1ccc(CCC2CCC(C3CCC(CCCCC)CC3)CC2)c(F)c1F. The van der Waals surface area contributed by atoms with E-state index in [9.17, 15) is 8.78 Å². The largest absolute Gasteiger partial charge is 0.462 e. The first-order valence-electron chi connectivity index (χ1n) is 12.9. The molecule has 1 aromatic rings. The number of ether oxygens (including phenoxy) is 1. The van der Waals surface area contributed by atoms with Gasteiger partial charge in [-0.3, -0.25) is 0 Å². The van der Waals surface area contributed by atoms with Crippen LogP contribution < -0.4 is 4.74 Å². The fourth-order valence-electron chi connectivity index (χ4n) is 5.94. The Bertz CT molecular complexity index is 682. The second-order valence-corrected chi connectivity index (χ2v) is 10.0. The third-order valence-electron chi connectivity index (χ3n) is 7.95. The Kier molecular flexibility index (Phi) is 9.87. The molecule has 0 N–H and O–H groups in total. The summed E-state index contributed by atoms with van der Waals surface area (Å²) in [5.41, 5.74) is 0.480. The van der Waals surface area contributed by atoms with Gasteiger partial charge in [-0.05, 0) is 80.8 Å². The summed E-state index contributed by atoms with van der Waals surface area (Å²) in [5.74, 6) is 1.84. The predicted molar refractivity (Wildman–Crippen MR) is 125 cm³/mol. The number of allylic oxidation sites excluding steroid dienone is 1. The summed E-state index contributed by atoms with van der Waals surface area (Å²) in [4.78, 5) is 0. The zero-order valence-corrected chi connectivity index (χ0v) is 19.7. The molecule has 0 bridgehead atoms. The van der Waals surface area contributed by atoms with Gasteiger partial charge in [-0.2, -0.15) is 4.39 Å². The molecule has 0 radical (unpaired) electrons. The van der Waals surface area contributed by atoms with Gasteiger partial charge in [0.15, 0.2) is 11.6 Å². The number of unbranched alkanes of at least 4 members (excludes halogenated alkanes) is 2. The van der Waals surface area contributed by atoms with Crippen molar-refractivity contribution in [3.05, 3.63) is 41.7 Å². The minimum absolute atomic E-state index is 0.0417. The Hall–Kier alpha value is -1.38. The van der Waals surface area contributed by atoms with Gasteiger partial charge in [0, 0.05) is 0 Å². The Morgan fingerprint density at radius 2 is 1.45 bits per heavy atom. The number of hydrogen-bond donors (Lipinski definition) is 0. The van der Waals surface area contributed by atoms with Crippen LogP contribution in [0.5, 0.6) is 5.75 Å².